The molecule has 0 radical (unpaired) electrons. The van der Waals surface area contributed by atoms with E-state index in [0.717, 1.165) is 12.8 Å². The first kappa shape index (κ1) is 27.8. The van der Waals surface area contributed by atoms with Gasteiger partial charge in [0.05, 0.1) is 30.1 Å². The van der Waals surface area contributed by atoms with Gasteiger partial charge in [0.25, 0.3) is 0 Å². The molecule has 8 nitrogen and oxygen atoms in total. The van der Waals surface area contributed by atoms with Crippen molar-refractivity contribution in [2.45, 2.75) is 97.1 Å². The van der Waals surface area contributed by atoms with Gasteiger partial charge in [-0.1, -0.05) is 52.0 Å². The van der Waals surface area contributed by atoms with Gasteiger partial charge in [-0.15, -0.1) is 0 Å². The molecular formula is C29H45N3O5. The van der Waals surface area contributed by atoms with Crippen LogP contribution in [0.15, 0.2) is 24.3 Å². The number of hydrogen-bond acceptors (Lipinski definition) is 5. The van der Waals surface area contributed by atoms with Crippen molar-refractivity contribution in [1.82, 2.24) is 14.7 Å². The summed E-state index contributed by atoms with van der Waals surface area (Å²) >= 11 is 0. The van der Waals surface area contributed by atoms with Crippen molar-refractivity contribution in [3.63, 3.8) is 0 Å². The predicted octanol–water partition coefficient (Wildman–Crippen LogP) is 2.76. The summed E-state index contributed by atoms with van der Waals surface area (Å²) in [5.74, 6) is -2.21. The molecule has 0 aliphatic carbocycles. The van der Waals surface area contributed by atoms with Gasteiger partial charge in [0.1, 0.15) is 11.6 Å². The zero-order valence-corrected chi connectivity index (χ0v) is 23.8. The average molecular weight is 516 g/mol. The quantitative estimate of drug-likeness (QED) is 0.550. The Kier molecular flexibility index (Phi) is 6.94. The fraction of sp³-hybridized carbons (Fsp3) is 0.759. The van der Waals surface area contributed by atoms with Gasteiger partial charge in [-0.25, -0.2) is 0 Å². The summed E-state index contributed by atoms with van der Waals surface area (Å²) in [6, 6.07) is -1.56. The third-order valence-corrected chi connectivity index (χ3v) is 8.50. The first-order valence-corrected chi connectivity index (χ1v) is 13.7. The zero-order chi connectivity index (χ0) is 27.6. The number of likely N-dealkylation sites (tertiary alicyclic amines) is 1. The molecule has 1 unspecified atom stereocenters. The molecule has 2 fully saturated rings. The molecule has 2 saturated heterocycles. The molecule has 8 heteroatoms. The fourth-order valence-corrected chi connectivity index (χ4v) is 7.48. The van der Waals surface area contributed by atoms with Crippen LogP contribution >= 0.6 is 0 Å². The second-order valence-corrected chi connectivity index (χ2v) is 13.4. The van der Waals surface area contributed by atoms with Crippen LogP contribution in [0.4, 0.5) is 0 Å². The van der Waals surface area contributed by atoms with Gasteiger partial charge in [-0.2, -0.15) is 0 Å². The summed E-state index contributed by atoms with van der Waals surface area (Å²) in [6.45, 7) is 17.4. The number of fused-ring (bicyclic) bond motifs is 2. The second kappa shape index (κ2) is 9.23. The number of nitrogens with zero attached hydrogens (tertiary/aromatic N) is 3. The minimum absolute atomic E-state index is 0.0198. The van der Waals surface area contributed by atoms with E-state index in [2.05, 4.69) is 34.6 Å². The maximum atomic E-state index is 14.5. The number of ether oxygens (including phenoxy) is 1. The van der Waals surface area contributed by atoms with Gasteiger partial charge in [0.2, 0.25) is 17.7 Å². The standard InChI is InChI=1S/C29H45N3O5/c1-9-14-30-15-10-12-28(8)20(23(30)34)21-24(35)32(19(2)17-33)22-25(36)31(16-11-13-29(21,22)37-28)27(6,7)18-26(3,4)5/h10-13,19-22,33H,9,14-18H2,1-8H3/t19-,20-,21+,22?,28+,29+/m1/s1. The van der Waals surface area contributed by atoms with E-state index in [-0.39, 0.29) is 29.7 Å². The molecule has 4 aliphatic heterocycles. The minimum atomic E-state index is -1.29. The second-order valence-electron chi connectivity index (χ2n) is 13.4. The van der Waals surface area contributed by atoms with Crippen molar-refractivity contribution < 1.29 is 24.2 Å². The Labute approximate surface area is 221 Å². The summed E-state index contributed by atoms with van der Waals surface area (Å²) in [5, 5.41) is 10.1. The Hall–Kier alpha value is -2.19. The zero-order valence-electron chi connectivity index (χ0n) is 23.8. The molecule has 4 heterocycles. The van der Waals surface area contributed by atoms with E-state index in [0.29, 0.717) is 19.6 Å². The smallest absolute Gasteiger partial charge is 0.249 e. The van der Waals surface area contributed by atoms with Crippen LogP contribution in [0.1, 0.15) is 68.2 Å². The molecule has 0 aromatic carbocycles. The minimum Gasteiger partial charge on any atom is -0.394 e. The summed E-state index contributed by atoms with van der Waals surface area (Å²) in [5.41, 5.74) is -2.82. The summed E-state index contributed by atoms with van der Waals surface area (Å²) < 4.78 is 6.84. The number of amides is 3. The number of aliphatic hydroxyl groups is 1. The first-order chi connectivity index (χ1) is 17.1. The Balaban J connectivity index is 1.86. The van der Waals surface area contributed by atoms with E-state index in [1.807, 2.05) is 43.1 Å². The van der Waals surface area contributed by atoms with Crippen LogP contribution in [0.25, 0.3) is 0 Å². The topological polar surface area (TPSA) is 90.4 Å². The Bertz CT molecular complexity index is 1010. The lowest BCUT2D eigenvalue weighted by atomic mass is 9.74. The van der Waals surface area contributed by atoms with E-state index in [1.165, 1.54) is 4.90 Å². The van der Waals surface area contributed by atoms with Crippen molar-refractivity contribution in [3.8, 4) is 0 Å². The van der Waals surface area contributed by atoms with Crippen molar-refractivity contribution in [2.24, 2.45) is 17.3 Å². The Morgan fingerprint density at radius 3 is 2.27 bits per heavy atom. The maximum absolute atomic E-state index is 14.5. The van der Waals surface area contributed by atoms with Crippen molar-refractivity contribution >= 4 is 17.7 Å². The van der Waals surface area contributed by atoms with Crippen molar-refractivity contribution in [2.75, 3.05) is 26.2 Å². The number of carbonyl (C=O) groups excluding carboxylic acids is 3. The Morgan fingerprint density at radius 2 is 1.68 bits per heavy atom. The van der Waals surface area contributed by atoms with Gasteiger partial charge in [-0.05, 0) is 46.0 Å². The molecule has 1 spiro atoms. The normalized spacial score (nSPS) is 34.9. The summed E-state index contributed by atoms with van der Waals surface area (Å²) in [4.78, 5) is 47.8. The van der Waals surface area contributed by atoms with Crippen LogP contribution in [-0.4, -0.2) is 92.6 Å². The number of hydrogen-bond donors (Lipinski definition) is 1. The highest BCUT2D eigenvalue weighted by Crippen LogP contribution is 2.58. The SMILES string of the molecule is CCCN1CC=C[C@]2(C)O[C@]34C=CCN(C(C)(C)CC(C)(C)C)C(=O)C3N([C@H](C)CO)C(=O)[C@@H]4[C@@H]2C1=O. The molecule has 4 aliphatic rings. The molecule has 0 aromatic heterocycles. The van der Waals surface area contributed by atoms with E-state index < -0.39 is 40.7 Å². The van der Waals surface area contributed by atoms with Crippen molar-refractivity contribution in [1.29, 1.82) is 0 Å². The fourth-order valence-electron chi connectivity index (χ4n) is 7.48. The van der Waals surface area contributed by atoms with Gasteiger partial charge in [-0.3, -0.25) is 14.4 Å². The van der Waals surface area contributed by atoms with Crippen molar-refractivity contribution in [3.05, 3.63) is 24.3 Å². The molecule has 3 amide bonds. The molecule has 37 heavy (non-hydrogen) atoms. The lowest BCUT2D eigenvalue weighted by Crippen LogP contribution is -2.61. The van der Waals surface area contributed by atoms with Crippen LogP contribution in [0.2, 0.25) is 0 Å². The van der Waals surface area contributed by atoms with Crippen LogP contribution in [0, 0.1) is 17.3 Å². The summed E-state index contributed by atoms with van der Waals surface area (Å²) in [7, 11) is 0. The average Bonchev–Trinajstić information content (AvgIpc) is 3.05. The number of rotatable bonds is 6. The molecule has 0 bridgehead atoms. The highest BCUT2D eigenvalue weighted by molar-refractivity contribution is 6.00. The lowest BCUT2D eigenvalue weighted by molar-refractivity contribution is -0.158. The maximum Gasteiger partial charge on any atom is 0.249 e. The highest BCUT2D eigenvalue weighted by Gasteiger charge is 2.75. The monoisotopic (exact) mass is 515 g/mol. The van der Waals surface area contributed by atoms with Crippen LogP contribution in [0.3, 0.4) is 0 Å². The molecule has 0 aromatic rings. The third-order valence-electron chi connectivity index (χ3n) is 8.50. The van der Waals surface area contributed by atoms with Gasteiger partial charge in [0.15, 0.2) is 0 Å². The highest BCUT2D eigenvalue weighted by atomic mass is 16.5. The largest absolute Gasteiger partial charge is 0.394 e. The first-order valence-electron chi connectivity index (χ1n) is 13.7. The van der Waals surface area contributed by atoms with Crippen LogP contribution in [0.5, 0.6) is 0 Å². The third kappa shape index (κ3) is 4.34. The summed E-state index contributed by atoms with van der Waals surface area (Å²) in [6.07, 6.45) is 9.23. The van der Waals surface area contributed by atoms with Crippen LogP contribution < -0.4 is 0 Å². The van der Waals surface area contributed by atoms with Gasteiger partial charge < -0.3 is 24.5 Å². The van der Waals surface area contributed by atoms with E-state index in [9.17, 15) is 19.5 Å². The molecular weight excluding hydrogens is 470 g/mol. The number of carbonyl (C=O) groups is 3. The predicted molar refractivity (Wildman–Crippen MR) is 141 cm³/mol. The van der Waals surface area contributed by atoms with Gasteiger partial charge >= 0.3 is 0 Å². The van der Waals surface area contributed by atoms with E-state index in [1.54, 1.807) is 11.8 Å². The molecule has 206 valence electrons. The molecule has 6 atom stereocenters. The van der Waals surface area contributed by atoms with Crippen LogP contribution in [-0.2, 0) is 19.1 Å². The lowest BCUT2D eigenvalue weighted by Gasteiger charge is -2.45. The molecule has 4 rings (SSSR count). The van der Waals surface area contributed by atoms with Gasteiger partial charge in [0, 0.05) is 25.2 Å². The number of aliphatic hydroxyl groups excluding tert-OH is 1. The molecule has 0 saturated carbocycles. The Morgan fingerprint density at radius 1 is 1.03 bits per heavy atom. The van der Waals surface area contributed by atoms with E-state index >= 15 is 0 Å². The molecule has 1 N–H and O–H groups in total. The van der Waals surface area contributed by atoms with E-state index in [4.69, 9.17) is 4.74 Å².